The fraction of sp³-hybridized carbons (Fsp3) is 0.125. The first-order chi connectivity index (χ1) is 9.70. The molecule has 0 aliphatic heterocycles. The van der Waals surface area contributed by atoms with Crippen LogP contribution in [0.4, 0.5) is 16.2 Å². The van der Waals surface area contributed by atoms with Gasteiger partial charge in [0.05, 0.1) is 11.4 Å². The highest BCUT2D eigenvalue weighted by atomic mass is 16.2. The van der Waals surface area contributed by atoms with Crippen molar-refractivity contribution in [1.82, 2.24) is 5.32 Å². The summed E-state index contributed by atoms with van der Waals surface area (Å²) in [5, 5.41) is 2.60. The average Bonchev–Trinajstić information content (AvgIpc) is 2.50. The molecule has 0 atom stereocenters. The molecule has 0 saturated carbocycles. The summed E-state index contributed by atoms with van der Waals surface area (Å²) in [6.07, 6.45) is 1.53. The van der Waals surface area contributed by atoms with Gasteiger partial charge in [0.2, 0.25) is 0 Å². The van der Waals surface area contributed by atoms with Crippen molar-refractivity contribution in [2.24, 2.45) is 4.99 Å². The Bertz CT molecular complexity index is 591. The summed E-state index contributed by atoms with van der Waals surface area (Å²) in [4.78, 5) is 17.7. The quantitative estimate of drug-likeness (QED) is 0.671. The van der Waals surface area contributed by atoms with Crippen LogP contribution < -0.4 is 10.2 Å². The van der Waals surface area contributed by atoms with E-state index in [9.17, 15) is 4.79 Å². The Balaban J connectivity index is 2.24. The number of urea groups is 1. The summed E-state index contributed by atoms with van der Waals surface area (Å²) in [6.45, 7) is 2.02. The fourth-order valence-corrected chi connectivity index (χ4v) is 1.70. The number of nitrogens with zero attached hydrogens (tertiary/aromatic N) is 2. The van der Waals surface area contributed by atoms with Crippen LogP contribution in [-0.2, 0) is 0 Å². The summed E-state index contributed by atoms with van der Waals surface area (Å²) < 4.78 is 0. The molecule has 0 saturated heterocycles. The van der Waals surface area contributed by atoms with E-state index in [1.807, 2.05) is 61.5 Å². The summed E-state index contributed by atoms with van der Waals surface area (Å²) in [6, 6.07) is 17.0. The Morgan fingerprint density at radius 2 is 1.75 bits per heavy atom. The maximum Gasteiger partial charge on any atom is 0.326 e. The van der Waals surface area contributed by atoms with Crippen LogP contribution in [0.25, 0.3) is 0 Å². The van der Waals surface area contributed by atoms with Crippen molar-refractivity contribution in [1.29, 1.82) is 0 Å². The predicted molar refractivity (Wildman–Crippen MR) is 82.7 cm³/mol. The van der Waals surface area contributed by atoms with Crippen LogP contribution in [0, 0.1) is 6.92 Å². The van der Waals surface area contributed by atoms with E-state index in [0.29, 0.717) is 0 Å². The van der Waals surface area contributed by atoms with Gasteiger partial charge in [-0.25, -0.2) is 9.79 Å². The molecule has 4 heteroatoms. The summed E-state index contributed by atoms with van der Waals surface area (Å²) >= 11 is 0. The maximum absolute atomic E-state index is 11.9. The lowest BCUT2D eigenvalue weighted by molar-refractivity contribution is 0.251. The molecule has 20 heavy (non-hydrogen) atoms. The number of aliphatic imine (C=N–C) groups is 1. The molecule has 0 spiro atoms. The van der Waals surface area contributed by atoms with Crippen LogP contribution >= 0.6 is 0 Å². The third-order valence-corrected chi connectivity index (χ3v) is 2.82. The Labute approximate surface area is 118 Å². The average molecular weight is 267 g/mol. The van der Waals surface area contributed by atoms with Gasteiger partial charge in [-0.2, -0.15) is 0 Å². The minimum atomic E-state index is -0.230. The van der Waals surface area contributed by atoms with Gasteiger partial charge in [-0.3, -0.25) is 4.90 Å². The van der Waals surface area contributed by atoms with Gasteiger partial charge in [-0.05, 0) is 31.2 Å². The zero-order valence-corrected chi connectivity index (χ0v) is 11.6. The van der Waals surface area contributed by atoms with Gasteiger partial charge in [0.1, 0.15) is 6.34 Å². The van der Waals surface area contributed by atoms with E-state index in [1.165, 1.54) is 16.8 Å². The van der Waals surface area contributed by atoms with Crippen molar-refractivity contribution in [2.45, 2.75) is 6.92 Å². The van der Waals surface area contributed by atoms with E-state index in [-0.39, 0.29) is 6.03 Å². The number of carbonyl (C=O) groups is 1. The number of benzene rings is 2. The molecule has 2 aromatic rings. The topological polar surface area (TPSA) is 44.7 Å². The van der Waals surface area contributed by atoms with Crippen LogP contribution in [0.15, 0.2) is 59.6 Å². The number of aryl methyl sites for hydroxylation is 1. The third-order valence-electron chi connectivity index (χ3n) is 2.82. The monoisotopic (exact) mass is 267 g/mol. The molecule has 0 fully saturated rings. The highest BCUT2D eigenvalue weighted by Crippen LogP contribution is 2.15. The Morgan fingerprint density at radius 1 is 1.10 bits per heavy atom. The smallest absolute Gasteiger partial charge is 0.326 e. The number of carbonyl (C=O) groups excluding carboxylic acids is 1. The Kier molecular flexibility index (Phi) is 4.50. The molecule has 4 nitrogen and oxygen atoms in total. The number of amides is 2. The first kappa shape index (κ1) is 13.8. The lowest BCUT2D eigenvalue weighted by Crippen LogP contribution is -2.37. The second-order valence-electron chi connectivity index (χ2n) is 4.34. The second kappa shape index (κ2) is 6.52. The van der Waals surface area contributed by atoms with Crippen LogP contribution in [0.1, 0.15) is 5.56 Å². The van der Waals surface area contributed by atoms with Crippen molar-refractivity contribution in [2.75, 3.05) is 11.9 Å². The minimum absolute atomic E-state index is 0.230. The molecule has 0 bridgehead atoms. The van der Waals surface area contributed by atoms with Crippen LogP contribution in [-0.4, -0.2) is 19.4 Å². The SMILES string of the molecule is CNC(=O)N(C=Nc1ccc(C)cc1)c1ccccc1. The molecule has 2 aromatic carbocycles. The first-order valence-corrected chi connectivity index (χ1v) is 6.37. The van der Waals surface area contributed by atoms with E-state index in [4.69, 9.17) is 0 Å². The predicted octanol–water partition coefficient (Wildman–Crippen LogP) is 3.50. The van der Waals surface area contributed by atoms with Gasteiger partial charge in [0.25, 0.3) is 0 Å². The van der Waals surface area contributed by atoms with Gasteiger partial charge in [0.15, 0.2) is 0 Å². The van der Waals surface area contributed by atoms with E-state index in [2.05, 4.69) is 10.3 Å². The van der Waals surface area contributed by atoms with Gasteiger partial charge in [-0.15, -0.1) is 0 Å². The van der Waals surface area contributed by atoms with Crippen molar-refractivity contribution >= 4 is 23.7 Å². The number of hydrogen-bond acceptors (Lipinski definition) is 2. The molecule has 102 valence electrons. The fourth-order valence-electron chi connectivity index (χ4n) is 1.70. The van der Waals surface area contributed by atoms with Crippen molar-refractivity contribution in [3.05, 3.63) is 60.2 Å². The molecule has 0 radical (unpaired) electrons. The second-order valence-corrected chi connectivity index (χ2v) is 4.34. The Morgan fingerprint density at radius 3 is 2.35 bits per heavy atom. The van der Waals surface area contributed by atoms with Gasteiger partial charge < -0.3 is 5.32 Å². The number of para-hydroxylation sites is 1. The van der Waals surface area contributed by atoms with Crippen molar-refractivity contribution < 1.29 is 4.79 Å². The molecule has 2 amide bonds. The van der Waals surface area contributed by atoms with E-state index >= 15 is 0 Å². The Hall–Kier alpha value is -2.62. The molecular formula is C16H17N3O. The molecule has 0 aliphatic rings. The first-order valence-electron chi connectivity index (χ1n) is 6.37. The molecule has 0 unspecified atom stereocenters. The molecule has 1 N–H and O–H groups in total. The molecular weight excluding hydrogens is 250 g/mol. The maximum atomic E-state index is 11.9. The summed E-state index contributed by atoms with van der Waals surface area (Å²) in [7, 11) is 1.60. The largest absolute Gasteiger partial charge is 0.340 e. The minimum Gasteiger partial charge on any atom is -0.340 e. The number of nitrogens with one attached hydrogen (secondary N) is 1. The zero-order valence-electron chi connectivity index (χ0n) is 11.6. The van der Waals surface area contributed by atoms with Gasteiger partial charge in [-0.1, -0.05) is 35.9 Å². The number of anilines is 1. The number of hydrogen-bond donors (Lipinski definition) is 1. The van der Waals surface area contributed by atoms with Crippen molar-refractivity contribution in [3.63, 3.8) is 0 Å². The van der Waals surface area contributed by atoms with Crippen molar-refractivity contribution in [3.8, 4) is 0 Å². The van der Waals surface area contributed by atoms with Crippen LogP contribution in [0.5, 0.6) is 0 Å². The zero-order chi connectivity index (χ0) is 14.4. The lowest BCUT2D eigenvalue weighted by Gasteiger charge is -2.16. The highest BCUT2D eigenvalue weighted by Gasteiger charge is 2.11. The highest BCUT2D eigenvalue weighted by molar-refractivity contribution is 6.07. The third kappa shape index (κ3) is 3.45. The lowest BCUT2D eigenvalue weighted by atomic mass is 10.2. The van der Waals surface area contributed by atoms with Gasteiger partial charge in [0, 0.05) is 7.05 Å². The van der Waals surface area contributed by atoms with E-state index < -0.39 is 0 Å². The number of rotatable bonds is 3. The molecule has 0 aliphatic carbocycles. The van der Waals surface area contributed by atoms with Crippen LogP contribution in [0.2, 0.25) is 0 Å². The molecule has 0 aromatic heterocycles. The molecule has 0 heterocycles. The van der Waals surface area contributed by atoms with Crippen LogP contribution in [0.3, 0.4) is 0 Å². The van der Waals surface area contributed by atoms with Gasteiger partial charge >= 0.3 is 6.03 Å². The van der Waals surface area contributed by atoms with E-state index in [1.54, 1.807) is 7.05 Å². The normalized spacial score (nSPS) is 10.5. The van der Waals surface area contributed by atoms with E-state index in [0.717, 1.165) is 11.4 Å². The molecule has 2 rings (SSSR count). The summed E-state index contributed by atoms with van der Waals surface area (Å²) in [5.41, 5.74) is 2.75. The summed E-state index contributed by atoms with van der Waals surface area (Å²) in [5.74, 6) is 0. The standard InChI is InChI=1S/C16H17N3O/c1-13-8-10-14(11-9-13)18-12-19(16(20)17-2)15-6-4-3-5-7-15/h3-12H,1-2H3,(H,17,20).